The van der Waals surface area contributed by atoms with Gasteiger partial charge in [-0.1, -0.05) is 19.4 Å². The third-order valence-corrected chi connectivity index (χ3v) is 2.43. The molecule has 1 aromatic rings. The highest BCUT2D eigenvalue weighted by Crippen LogP contribution is 2.17. The molecule has 1 N–H and O–H groups in total. The van der Waals surface area contributed by atoms with E-state index in [1.807, 2.05) is 10.8 Å². The highest BCUT2D eigenvalue weighted by atomic mass is 16.1. The third kappa shape index (κ3) is 3.88. The molecule has 0 aromatic carbocycles. The van der Waals surface area contributed by atoms with E-state index in [0.717, 1.165) is 12.8 Å². The van der Waals surface area contributed by atoms with Crippen molar-refractivity contribution in [3.63, 3.8) is 0 Å². The zero-order valence-corrected chi connectivity index (χ0v) is 9.72. The number of carbonyl (C=O) groups is 1. The fourth-order valence-corrected chi connectivity index (χ4v) is 1.65. The van der Waals surface area contributed by atoms with Crippen LogP contribution in [0.2, 0.25) is 0 Å². The van der Waals surface area contributed by atoms with E-state index in [1.165, 1.54) is 0 Å². The molecule has 0 spiro atoms. The number of carbonyl (C=O) groups excluding carboxylic acids is 1. The van der Waals surface area contributed by atoms with E-state index in [9.17, 15) is 4.79 Å². The Morgan fingerprint density at radius 1 is 1.69 bits per heavy atom. The lowest BCUT2D eigenvalue weighted by atomic mass is 10.1. The first-order valence-electron chi connectivity index (χ1n) is 5.63. The summed E-state index contributed by atoms with van der Waals surface area (Å²) in [6.07, 6.45) is 9.63. The largest absolute Gasteiger partial charge is 0.353 e. The van der Waals surface area contributed by atoms with E-state index in [2.05, 4.69) is 23.8 Å². The average molecular weight is 221 g/mol. The maximum absolute atomic E-state index is 11.6. The number of aromatic nitrogens is 2. The molecule has 1 rings (SSSR count). The van der Waals surface area contributed by atoms with Gasteiger partial charge in [-0.2, -0.15) is 0 Å². The fraction of sp³-hybridized carbons (Fsp3) is 0.500. The maximum Gasteiger partial charge on any atom is 0.222 e. The van der Waals surface area contributed by atoms with E-state index >= 15 is 0 Å². The van der Waals surface area contributed by atoms with Gasteiger partial charge in [0, 0.05) is 31.4 Å². The third-order valence-electron chi connectivity index (χ3n) is 2.43. The van der Waals surface area contributed by atoms with Gasteiger partial charge < -0.3 is 9.88 Å². The van der Waals surface area contributed by atoms with Gasteiger partial charge in [-0.3, -0.25) is 4.79 Å². The Balaban J connectivity index is 2.51. The molecule has 0 saturated carbocycles. The Bertz CT molecular complexity index is 319. The number of imidazole rings is 1. The molecule has 0 aliphatic carbocycles. The highest BCUT2D eigenvalue weighted by molar-refractivity contribution is 5.76. The van der Waals surface area contributed by atoms with Crippen LogP contribution < -0.4 is 5.32 Å². The molecule has 4 nitrogen and oxygen atoms in total. The lowest BCUT2D eigenvalue weighted by molar-refractivity contribution is -0.121. The first-order valence-corrected chi connectivity index (χ1v) is 5.63. The monoisotopic (exact) mass is 221 g/mol. The number of amides is 1. The van der Waals surface area contributed by atoms with E-state index < -0.39 is 0 Å². The van der Waals surface area contributed by atoms with Crippen LogP contribution >= 0.6 is 0 Å². The lowest BCUT2D eigenvalue weighted by Crippen LogP contribution is -2.26. The van der Waals surface area contributed by atoms with Gasteiger partial charge in [-0.05, 0) is 6.42 Å². The quantitative estimate of drug-likeness (QED) is 0.715. The van der Waals surface area contributed by atoms with E-state index in [4.69, 9.17) is 0 Å². The van der Waals surface area contributed by atoms with Gasteiger partial charge in [0.1, 0.15) is 0 Å². The van der Waals surface area contributed by atoms with Crippen molar-refractivity contribution in [3.8, 4) is 0 Å². The van der Waals surface area contributed by atoms with Crippen LogP contribution in [0.5, 0.6) is 0 Å². The van der Waals surface area contributed by atoms with Crippen LogP contribution in [0.25, 0.3) is 0 Å². The molecule has 0 saturated heterocycles. The molecule has 0 radical (unpaired) electrons. The van der Waals surface area contributed by atoms with Crippen molar-refractivity contribution in [1.82, 2.24) is 14.9 Å². The molecule has 16 heavy (non-hydrogen) atoms. The minimum Gasteiger partial charge on any atom is -0.353 e. The fourth-order valence-electron chi connectivity index (χ4n) is 1.65. The Labute approximate surface area is 96.4 Å². The molecule has 88 valence electrons. The second-order valence-corrected chi connectivity index (χ2v) is 3.75. The molecule has 1 heterocycles. The second-order valence-electron chi connectivity index (χ2n) is 3.75. The van der Waals surface area contributed by atoms with Crippen LogP contribution in [0, 0.1) is 0 Å². The van der Waals surface area contributed by atoms with Crippen molar-refractivity contribution in [2.24, 2.45) is 0 Å². The van der Waals surface area contributed by atoms with E-state index in [0.29, 0.717) is 13.0 Å². The van der Waals surface area contributed by atoms with Crippen molar-refractivity contribution in [3.05, 3.63) is 31.4 Å². The Morgan fingerprint density at radius 2 is 2.50 bits per heavy atom. The number of nitrogens with one attached hydrogen (secondary N) is 1. The number of rotatable bonds is 7. The maximum atomic E-state index is 11.6. The van der Waals surface area contributed by atoms with Crippen LogP contribution in [0.1, 0.15) is 32.2 Å². The zero-order chi connectivity index (χ0) is 11.8. The van der Waals surface area contributed by atoms with Gasteiger partial charge in [0.05, 0.1) is 6.33 Å². The number of hydrogen-bond acceptors (Lipinski definition) is 2. The normalized spacial score (nSPS) is 12.1. The van der Waals surface area contributed by atoms with Gasteiger partial charge in [0.25, 0.3) is 0 Å². The van der Waals surface area contributed by atoms with Crippen LogP contribution in [0.4, 0.5) is 0 Å². The summed E-state index contributed by atoms with van der Waals surface area (Å²) in [5, 5.41) is 2.79. The van der Waals surface area contributed by atoms with Crippen LogP contribution in [-0.4, -0.2) is 22.0 Å². The summed E-state index contributed by atoms with van der Waals surface area (Å²) in [5.41, 5.74) is 0. The summed E-state index contributed by atoms with van der Waals surface area (Å²) in [7, 11) is 0. The summed E-state index contributed by atoms with van der Waals surface area (Å²) >= 11 is 0. The summed E-state index contributed by atoms with van der Waals surface area (Å²) in [4.78, 5) is 15.6. The SMILES string of the molecule is C=CCNC(=O)CC(CCC)n1ccnc1. The molecule has 0 bridgehead atoms. The molecular weight excluding hydrogens is 202 g/mol. The molecule has 1 unspecified atom stereocenters. The Hall–Kier alpha value is -1.58. The zero-order valence-electron chi connectivity index (χ0n) is 9.72. The van der Waals surface area contributed by atoms with Crippen LogP contribution in [-0.2, 0) is 4.79 Å². The standard InChI is InChI=1S/C12H19N3O/c1-3-5-11(15-8-7-13-10-15)9-12(16)14-6-4-2/h4,7-8,10-11H,2-3,5-6,9H2,1H3,(H,14,16). The Morgan fingerprint density at radius 3 is 3.06 bits per heavy atom. The molecule has 4 heteroatoms. The summed E-state index contributed by atoms with van der Waals surface area (Å²) in [6.45, 7) is 6.21. The molecule has 0 aliphatic rings. The lowest BCUT2D eigenvalue weighted by Gasteiger charge is -2.16. The van der Waals surface area contributed by atoms with Gasteiger partial charge in [0.15, 0.2) is 0 Å². The average Bonchev–Trinajstić information content (AvgIpc) is 2.79. The van der Waals surface area contributed by atoms with E-state index in [-0.39, 0.29) is 11.9 Å². The molecule has 0 aliphatic heterocycles. The van der Waals surface area contributed by atoms with Crippen molar-refractivity contribution >= 4 is 5.91 Å². The summed E-state index contributed by atoms with van der Waals surface area (Å²) < 4.78 is 2.00. The highest BCUT2D eigenvalue weighted by Gasteiger charge is 2.13. The second kappa shape index (κ2) is 6.82. The van der Waals surface area contributed by atoms with Gasteiger partial charge >= 0.3 is 0 Å². The molecule has 1 atom stereocenters. The van der Waals surface area contributed by atoms with Crippen molar-refractivity contribution in [2.45, 2.75) is 32.2 Å². The molecule has 0 fully saturated rings. The first-order chi connectivity index (χ1) is 7.77. The number of nitrogens with zero attached hydrogens (tertiary/aromatic N) is 2. The van der Waals surface area contributed by atoms with Crippen molar-refractivity contribution in [2.75, 3.05) is 6.54 Å². The van der Waals surface area contributed by atoms with E-state index in [1.54, 1.807) is 18.6 Å². The molecule has 1 aromatic heterocycles. The molecular formula is C12H19N3O. The number of hydrogen-bond donors (Lipinski definition) is 1. The Kier molecular flexibility index (Phi) is 5.32. The molecule has 1 amide bonds. The topological polar surface area (TPSA) is 46.9 Å². The minimum absolute atomic E-state index is 0.0621. The van der Waals surface area contributed by atoms with Gasteiger partial charge in [0.2, 0.25) is 5.91 Å². The smallest absolute Gasteiger partial charge is 0.222 e. The minimum atomic E-state index is 0.0621. The van der Waals surface area contributed by atoms with Crippen molar-refractivity contribution < 1.29 is 4.79 Å². The predicted molar refractivity (Wildman–Crippen MR) is 64.0 cm³/mol. The van der Waals surface area contributed by atoms with Crippen molar-refractivity contribution in [1.29, 1.82) is 0 Å². The summed E-state index contributed by atoms with van der Waals surface area (Å²) in [5.74, 6) is 0.0621. The van der Waals surface area contributed by atoms with Gasteiger partial charge in [-0.25, -0.2) is 4.98 Å². The first kappa shape index (κ1) is 12.5. The van der Waals surface area contributed by atoms with Crippen LogP contribution in [0.15, 0.2) is 31.4 Å². The van der Waals surface area contributed by atoms with Gasteiger partial charge in [-0.15, -0.1) is 6.58 Å². The predicted octanol–water partition coefficient (Wildman–Crippen LogP) is 1.92. The van der Waals surface area contributed by atoms with Crippen LogP contribution in [0.3, 0.4) is 0 Å². The summed E-state index contributed by atoms with van der Waals surface area (Å²) in [6, 6.07) is 0.206.